The van der Waals surface area contributed by atoms with Crippen LogP contribution in [0.15, 0.2) is 35.2 Å². The van der Waals surface area contributed by atoms with E-state index in [9.17, 15) is 18.6 Å². The lowest BCUT2D eigenvalue weighted by Crippen LogP contribution is -2.04. The molecule has 0 unspecified atom stereocenters. The molecule has 7 nitrogen and oxygen atoms in total. The van der Waals surface area contributed by atoms with Crippen molar-refractivity contribution in [1.82, 2.24) is 15.0 Å². The summed E-state index contributed by atoms with van der Waals surface area (Å²) in [6.45, 7) is 3.92. The summed E-state index contributed by atoms with van der Waals surface area (Å²) in [4.78, 5) is 1.47. The fourth-order valence-electron chi connectivity index (χ4n) is 2.80. The molecule has 8 heteroatoms. The molecule has 0 fully saturated rings. The average Bonchev–Trinajstić information content (AvgIpc) is 2.98. The van der Waals surface area contributed by atoms with Gasteiger partial charge in [-0.25, -0.2) is 8.42 Å². The van der Waals surface area contributed by atoms with E-state index < -0.39 is 9.84 Å². The van der Waals surface area contributed by atoms with E-state index in [2.05, 4.69) is 10.2 Å². The molecule has 0 saturated heterocycles. The minimum absolute atomic E-state index is 0.00597. The van der Waals surface area contributed by atoms with E-state index in [0.717, 1.165) is 17.4 Å². The monoisotopic (exact) mass is 375 g/mol. The molecule has 0 aliphatic heterocycles. The van der Waals surface area contributed by atoms with Gasteiger partial charge in [0.1, 0.15) is 22.5 Å². The molecule has 0 radical (unpaired) electrons. The predicted molar refractivity (Wildman–Crippen MR) is 98.5 cm³/mol. The number of nitrogens with zero attached hydrogens (tertiary/aromatic N) is 3. The summed E-state index contributed by atoms with van der Waals surface area (Å²) in [7, 11) is -3.34. The molecule has 2 N–H and O–H groups in total. The van der Waals surface area contributed by atoms with Gasteiger partial charge >= 0.3 is 0 Å². The smallest absolute Gasteiger partial charge is 0.175 e. The standard InChI is InChI=1S/C18H21N3O4S/c1-11(2)14-8-12(6-7-22)9-17(18(14)23)21-19-15-5-4-13(26(3,24)25)10-16(15)20-21/h4-5,8-11,22-23H,6-7H2,1-3H3. The van der Waals surface area contributed by atoms with Crippen LogP contribution in [0.5, 0.6) is 5.75 Å². The second kappa shape index (κ2) is 6.69. The summed E-state index contributed by atoms with van der Waals surface area (Å²) >= 11 is 0. The molecule has 2 aromatic carbocycles. The predicted octanol–water partition coefficient (Wildman–Crippen LogP) is 2.19. The van der Waals surface area contributed by atoms with Crippen LogP contribution in [0.2, 0.25) is 0 Å². The molecule has 1 aromatic heterocycles. The van der Waals surface area contributed by atoms with Gasteiger partial charge < -0.3 is 10.2 Å². The van der Waals surface area contributed by atoms with Crippen molar-refractivity contribution in [2.45, 2.75) is 31.1 Å². The average molecular weight is 375 g/mol. The quantitative estimate of drug-likeness (QED) is 0.708. The van der Waals surface area contributed by atoms with Crippen molar-refractivity contribution in [3.05, 3.63) is 41.5 Å². The van der Waals surface area contributed by atoms with Crippen molar-refractivity contribution in [3.8, 4) is 11.4 Å². The highest BCUT2D eigenvalue weighted by molar-refractivity contribution is 7.90. The van der Waals surface area contributed by atoms with E-state index in [0.29, 0.717) is 23.1 Å². The van der Waals surface area contributed by atoms with Gasteiger partial charge in [-0.3, -0.25) is 0 Å². The highest BCUT2D eigenvalue weighted by Crippen LogP contribution is 2.33. The first-order valence-electron chi connectivity index (χ1n) is 8.25. The number of aliphatic hydroxyl groups is 1. The third-order valence-electron chi connectivity index (χ3n) is 4.20. The largest absolute Gasteiger partial charge is 0.505 e. The SMILES string of the molecule is CC(C)c1cc(CCO)cc(-n2nc3ccc(S(C)(=O)=O)cc3n2)c1O. The topological polar surface area (TPSA) is 105 Å². The van der Waals surface area contributed by atoms with Crippen LogP contribution in [0.3, 0.4) is 0 Å². The van der Waals surface area contributed by atoms with Crippen molar-refractivity contribution in [1.29, 1.82) is 0 Å². The molecule has 0 amide bonds. The molecule has 0 spiro atoms. The van der Waals surface area contributed by atoms with Crippen molar-refractivity contribution in [2.24, 2.45) is 0 Å². The summed E-state index contributed by atoms with van der Waals surface area (Å²) in [6.07, 6.45) is 1.59. The van der Waals surface area contributed by atoms with Gasteiger partial charge in [0.2, 0.25) is 0 Å². The molecule has 0 saturated carbocycles. The normalized spacial score (nSPS) is 12.2. The van der Waals surface area contributed by atoms with Gasteiger partial charge in [-0.2, -0.15) is 0 Å². The Morgan fingerprint density at radius 2 is 1.81 bits per heavy atom. The minimum atomic E-state index is -3.34. The summed E-state index contributed by atoms with van der Waals surface area (Å²) in [5.41, 5.74) is 2.95. The molecule has 0 bridgehead atoms. The van der Waals surface area contributed by atoms with E-state index >= 15 is 0 Å². The molecule has 138 valence electrons. The van der Waals surface area contributed by atoms with Gasteiger partial charge in [-0.1, -0.05) is 19.9 Å². The molecule has 0 aliphatic carbocycles. The highest BCUT2D eigenvalue weighted by Gasteiger charge is 2.17. The molecule has 0 aliphatic rings. The zero-order valence-electron chi connectivity index (χ0n) is 14.8. The second-order valence-electron chi connectivity index (χ2n) is 6.59. The van der Waals surface area contributed by atoms with E-state index in [4.69, 9.17) is 0 Å². The Morgan fingerprint density at radius 1 is 1.12 bits per heavy atom. The lowest BCUT2D eigenvalue weighted by Gasteiger charge is -2.14. The van der Waals surface area contributed by atoms with Crippen molar-refractivity contribution in [2.75, 3.05) is 12.9 Å². The Hall–Kier alpha value is -2.45. The first kappa shape index (κ1) is 18.3. The van der Waals surface area contributed by atoms with Crippen molar-refractivity contribution < 1.29 is 18.6 Å². The van der Waals surface area contributed by atoms with Gasteiger partial charge in [0.05, 0.1) is 4.90 Å². The van der Waals surface area contributed by atoms with Crippen LogP contribution in [-0.4, -0.2) is 46.5 Å². The Bertz CT molecular complexity index is 1070. The van der Waals surface area contributed by atoms with Gasteiger partial charge in [0.15, 0.2) is 9.84 Å². The fraction of sp³-hybridized carbons (Fsp3) is 0.333. The maximum Gasteiger partial charge on any atom is 0.175 e. The number of aliphatic hydroxyl groups excluding tert-OH is 1. The summed E-state index contributed by atoms with van der Waals surface area (Å²) < 4.78 is 23.4. The number of phenols is 1. The van der Waals surface area contributed by atoms with Crippen LogP contribution < -0.4 is 0 Å². The molecule has 26 heavy (non-hydrogen) atoms. The maximum atomic E-state index is 11.7. The maximum absolute atomic E-state index is 11.7. The third-order valence-corrected chi connectivity index (χ3v) is 5.31. The number of aromatic nitrogens is 3. The molecule has 3 rings (SSSR count). The third kappa shape index (κ3) is 3.42. The van der Waals surface area contributed by atoms with E-state index in [1.54, 1.807) is 12.1 Å². The fourth-order valence-corrected chi connectivity index (χ4v) is 3.44. The first-order valence-corrected chi connectivity index (χ1v) is 10.1. The van der Waals surface area contributed by atoms with Crippen molar-refractivity contribution in [3.63, 3.8) is 0 Å². The summed E-state index contributed by atoms with van der Waals surface area (Å²) in [5.74, 6) is 0.152. The number of fused-ring (bicyclic) bond motifs is 1. The second-order valence-corrected chi connectivity index (χ2v) is 8.61. The first-order chi connectivity index (χ1) is 12.2. The van der Waals surface area contributed by atoms with Gasteiger partial charge in [-0.15, -0.1) is 15.0 Å². The summed E-state index contributed by atoms with van der Waals surface area (Å²) in [5, 5.41) is 28.6. The van der Waals surface area contributed by atoms with Crippen LogP contribution in [0.25, 0.3) is 16.7 Å². The van der Waals surface area contributed by atoms with Crippen molar-refractivity contribution >= 4 is 20.9 Å². The lowest BCUT2D eigenvalue weighted by molar-refractivity contribution is 0.299. The van der Waals surface area contributed by atoms with Gasteiger partial charge in [-0.05, 0) is 47.7 Å². The van der Waals surface area contributed by atoms with Crippen LogP contribution in [0.1, 0.15) is 30.9 Å². The Labute approximate surface area is 151 Å². The number of sulfone groups is 1. The zero-order chi connectivity index (χ0) is 19.1. The van der Waals surface area contributed by atoms with Crippen LogP contribution in [0.4, 0.5) is 0 Å². The molecule has 1 heterocycles. The van der Waals surface area contributed by atoms with E-state index in [1.807, 2.05) is 19.9 Å². The molecule has 3 aromatic rings. The molecular formula is C18H21N3O4S. The zero-order valence-corrected chi connectivity index (χ0v) is 15.7. The van der Waals surface area contributed by atoms with Crippen LogP contribution >= 0.6 is 0 Å². The Morgan fingerprint density at radius 3 is 2.42 bits per heavy atom. The lowest BCUT2D eigenvalue weighted by atomic mass is 9.97. The number of aromatic hydroxyl groups is 1. The number of benzene rings is 2. The van der Waals surface area contributed by atoms with Gasteiger partial charge in [0, 0.05) is 12.9 Å². The highest BCUT2D eigenvalue weighted by atomic mass is 32.2. The van der Waals surface area contributed by atoms with Crippen LogP contribution in [0, 0.1) is 0 Å². The number of phenolic OH excluding ortho intramolecular Hbond substituents is 1. The minimum Gasteiger partial charge on any atom is -0.505 e. The Kier molecular flexibility index (Phi) is 4.72. The number of hydrogen-bond acceptors (Lipinski definition) is 6. The number of rotatable bonds is 5. The van der Waals surface area contributed by atoms with E-state index in [1.165, 1.54) is 16.9 Å². The van der Waals surface area contributed by atoms with Crippen LogP contribution in [-0.2, 0) is 16.3 Å². The molecule has 0 atom stereocenters. The van der Waals surface area contributed by atoms with E-state index in [-0.39, 0.29) is 23.2 Å². The Balaban J connectivity index is 2.19. The van der Waals surface area contributed by atoms with Gasteiger partial charge in [0.25, 0.3) is 0 Å². The number of hydrogen-bond donors (Lipinski definition) is 2. The molecular weight excluding hydrogens is 354 g/mol. The summed E-state index contributed by atoms with van der Waals surface area (Å²) in [6, 6.07) is 8.14.